The summed E-state index contributed by atoms with van der Waals surface area (Å²) in [6.45, 7) is 16.4. The van der Waals surface area contributed by atoms with Gasteiger partial charge < -0.3 is 51.3 Å². The van der Waals surface area contributed by atoms with Crippen LogP contribution in [0.2, 0.25) is 0 Å². The molecule has 0 bridgehead atoms. The fraction of sp³-hybridized carbons (Fsp3) is 0.216. The summed E-state index contributed by atoms with van der Waals surface area (Å²) in [4.78, 5) is 125. The number of non-ortho nitro benzene ring substituents is 1. The Balaban J connectivity index is 0.000000171. The van der Waals surface area contributed by atoms with Crippen molar-refractivity contribution >= 4 is 106 Å². The molecule has 8 N–H and O–H groups in total. The number of nitro groups is 1. The molecule has 3 aliphatic rings. The van der Waals surface area contributed by atoms with Crippen molar-refractivity contribution in [3.63, 3.8) is 0 Å². The number of nitrogen functional groups attached to an aromatic ring is 1. The molecule has 0 saturated carbocycles. The van der Waals surface area contributed by atoms with E-state index >= 15 is 0 Å². The third-order valence-corrected chi connectivity index (χ3v) is 20.3. The fourth-order valence-corrected chi connectivity index (χ4v) is 14.6. The number of halogens is 6. The molecule has 3 atom stereocenters. The average Bonchev–Trinajstić information content (AvgIpc) is 1.62. The summed E-state index contributed by atoms with van der Waals surface area (Å²) in [5.41, 5.74) is 18.9. The fourth-order valence-electron chi connectivity index (χ4n) is 14.6. The number of H-pyrrole nitrogens is 3. The standard InChI is InChI=1S/C31H30FN5O3.C27H25FN6O4.C27H27FN6O2.C3H3ClO.2ClH.Sn/c1-3-25(38)15-22-6-4-7-23(14-22)16-34-30(39)28-26-19-36(31(40)27-8-5-13-33-27)17-20(2)29(26)37(35-28)18-21-9-11-24(32)12-10-21;1-17-14-32(27(36)23-6-3-11-29-23)16-22-24(26(35)30-13-19-4-2-5-21(12-19)34(37)38)31-33(25(17)22)15-18-7-9-20(28)10-8-18;1-17-14-33(27(36)23-6-3-11-30-23)16-22-24(26(35)31-13-19-4-2-5-21(29)12-19)32-34(25(17)22)15-18-7-9-20(28)10-8-18;1-2-3(4)5;;;/h3-14,20,33H,1,15-19H2,2H3,(H,34,39);2-12,17,29H,13-16H2,1H3,(H,30,35);2-12,17,30H,13-16,29H2,1H3,(H,31,35);2H,1H2;2*1H;/q;;;;;;+2/p-2. The first-order valence-electron chi connectivity index (χ1n) is 38.4. The van der Waals surface area contributed by atoms with Crippen molar-refractivity contribution in [3.8, 4) is 0 Å². The van der Waals surface area contributed by atoms with E-state index in [2.05, 4.69) is 54.3 Å². The molecule has 0 saturated heterocycles. The second-order valence-electron chi connectivity index (χ2n) is 29.0. The number of nitrogens with zero attached hydrogens (tertiary/aromatic N) is 10. The molecule has 27 nitrogen and oxygen atoms in total. The second-order valence-corrected chi connectivity index (χ2v) is 33.6. The number of ketones is 1. The molecule has 12 aromatic rings. The summed E-state index contributed by atoms with van der Waals surface area (Å²) in [6.07, 6.45) is 7.68. The van der Waals surface area contributed by atoms with Crippen LogP contribution in [-0.4, -0.2) is 149 Å². The zero-order chi connectivity index (χ0) is 87.3. The number of hydrogen-bond donors (Lipinski definition) is 7. The summed E-state index contributed by atoms with van der Waals surface area (Å²) in [5, 5.41) is 33.3. The van der Waals surface area contributed by atoms with Crippen molar-refractivity contribution < 1.29 is 56.5 Å². The van der Waals surface area contributed by atoms with Crippen LogP contribution < -0.4 is 21.7 Å². The number of nitrogens with two attached hydrogens (primary N) is 1. The zero-order valence-corrected chi connectivity index (χ0v) is 71.6. The van der Waals surface area contributed by atoms with Gasteiger partial charge in [-0.2, -0.15) is 15.3 Å². The molecule has 6 aromatic heterocycles. The van der Waals surface area contributed by atoms with Gasteiger partial charge in [-0.3, -0.25) is 62.5 Å². The van der Waals surface area contributed by atoms with Crippen LogP contribution >= 0.6 is 29.4 Å². The van der Waals surface area contributed by atoms with E-state index in [4.69, 9.17) is 40.3 Å². The van der Waals surface area contributed by atoms with Crippen molar-refractivity contribution in [2.75, 3.05) is 25.4 Å². The Bertz CT molecular complexity index is 5750. The number of carbonyl (C=O) groups excluding carboxylic acids is 8. The second kappa shape index (κ2) is 42.3. The number of anilines is 1. The molecule has 3 aliphatic heterocycles. The summed E-state index contributed by atoms with van der Waals surface area (Å²) >= 11 is 3.88. The predicted molar refractivity (Wildman–Crippen MR) is 456 cm³/mol. The van der Waals surface area contributed by atoms with E-state index in [1.54, 1.807) is 138 Å². The number of aromatic amines is 3. The Morgan fingerprint density at radius 2 is 0.803 bits per heavy atom. The minimum atomic E-state index is -0.826. The number of amides is 6. The number of aromatic nitrogens is 9. The Morgan fingerprint density at radius 1 is 0.484 bits per heavy atom. The van der Waals surface area contributed by atoms with Crippen LogP contribution in [0.1, 0.15) is 174 Å². The Morgan fingerprint density at radius 3 is 1.11 bits per heavy atom. The van der Waals surface area contributed by atoms with Gasteiger partial charge in [-0.05, 0) is 148 Å². The number of allylic oxidation sites excluding steroid dienone is 2. The van der Waals surface area contributed by atoms with Crippen LogP contribution in [0.4, 0.5) is 24.5 Å². The molecule has 0 aliphatic carbocycles. The van der Waals surface area contributed by atoms with Crippen LogP contribution in [0.5, 0.6) is 0 Å². The molecule has 628 valence electrons. The number of fused-ring (bicyclic) bond motifs is 3. The first kappa shape index (κ1) is 89.9. The minimum absolute atomic E-state index is 0.0592. The van der Waals surface area contributed by atoms with Gasteiger partial charge in [-0.25, -0.2) is 13.2 Å². The van der Waals surface area contributed by atoms with Crippen molar-refractivity contribution in [1.82, 2.24) is 74.9 Å². The molecule has 2 radical (unpaired) electrons. The van der Waals surface area contributed by atoms with Crippen molar-refractivity contribution in [2.24, 2.45) is 0 Å². The van der Waals surface area contributed by atoms with Crippen LogP contribution in [0.15, 0.2) is 226 Å². The van der Waals surface area contributed by atoms with Crippen molar-refractivity contribution in [2.45, 2.75) is 104 Å². The molecule has 0 spiro atoms. The summed E-state index contributed by atoms with van der Waals surface area (Å²) in [6, 6.07) is 49.8. The molecule has 15 rings (SSSR count). The van der Waals surface area contributed by atoms with Gasteiger partial charge in [0.2, 0.25) is 5.24 Å². The number of nitro benzene ring substituents is 1. The van der Waals surface area contributed by atoms with Gasteiger partial charge in [0.05, 0.1) is 44.2 Å². The van der Waals surface area contributed by atoms with Gasteiger partial charge >= 0.3 is 36.7 Å². The average molecular weight is 1820 g/mol. The van der Waals surface area contributed by atoms with Crippen LogP contribution in [-0.2, 0) is 74.9 Å². The Labute approximate surface area is 722 Å². The predicted octanol–water partition coefficient (Wildman–Crippen LogP) is 14.0. The summed E-state index contributed by atoms with van der Waals surface area (Å²) < 4.78 is 45.7. The van der Waals surface area contributed by atoms with E-state index in [0.29, 0.717) is 85.3 Å². The van der Waals surface area contributed by atoms with Crippen molar-refractivity contribution in [3.05, 3.63) is 360 Å². The molecule has 3 unspecified atom stereocenters. The normalized spacial score (nSPS) is 14.1. The van der Waals surface area contributed by atoms with Gasteiger partial charge in [0.25, 0.3) is 41.1 Å². The van der Waals surface area contributed by atoms with Gasteiger partial charge in [-0.1, -0.05) is 119 Å². The quantitative estimate of drug-likeness (QED) is 0.00782. The molecule has 6 aromatic carbocycles. The van der Waals surface area contributed by atoms with Crippen LogP contribution in [0, 0.1) is 27.6 Å². The number of benzene rings is 6. The summed E-state index contributed by atoms with van der Waals surface area (Å²) in [5.74, 6) is -2.91. The third-order valence-electron chi connectivity index (χ3n) is 20.1. The van der Waals surface area contributed by atoms with Gasteiger partial charge in [0.15, 0.2) is 22.9 Å². The van der Waals surface area contributed by atoms with E-state index in [9.17, 15) is 61.6 Å². The molecule has 122 heavy (non-hydrogen) atoms. The first-order valence-corrected chi connectivity index (χ1v) is 46.0. The SMILES string of the molecule is C=CC(=O)Cc1cccc(CNC(=O)c2nn(Cc3ccc(F)cc3)c3c2CN(C(=O)c2ccc[nH]2)CC3C)c1.C=CC(=O)Cl.CC1CN(C(=O)c2ccc[nH]2)Cc2c(C(=O)NCc3cccc(N)c3)nn(Cc3ccc(F)cc3)c21.CC1CN(C(=O)c2ccc[nH]2)Cc2c(C(=O)NCc3cccc([N+](=O)[O-])c3)nn(Cc3ccc(F)cc3)c21.[Cl][Sn][Cl]. The van der Waals surface area contributed by atoms with Gasteiger partial charge in [0, 0.05) is 134 Å². The Hall–Kier alpha value is -12.9. The van der Waals surface area contributed by atoms with E-state index in [0.717, 1.165) is 62.1 Å². The summed E-state index contributed by atoms with van der Waals surface area (Å²) in [7, 11) is 9.87. The molecule has 9 heterocycles. The molecule has 34 heteroatoms. The zero-order valence-electron chi connectivity index (χ0n) is 66.4. The van der Waals surface area contributed by atoms with E-state index in [1.165, 1.54) is 54.6 Å². The maximum atomic E-state index is 13.5. The third kappa shape index (κ3) is 23.4. The van der Waals surface area contributed by atoms with E-state index in [-0.39, 0.29) is 132 Å². The maximum absolute atomic E-state index is 13.5. The number of hydrogen-bond acceptors (Lipinski definition) is 14. The molecule has 6 amide bonds. The van der Waals surface area contributed by atoms with E-state index < -0.39 is 35.0 Å². The first-order chi connectivity index (χ1) is 58.7. The molecule has 0 fully saturated rings. The molecular formula is C88H85Cl3F3N17O10Sn. The topological polar surface area (TPSA) is 352 Å². The number of carbonyl (C=O) groups is 8. The van der Waals surface area contributed by atoms with Crippen molar-refractivity contribution in [1.29, 1.82) is 0 Å². The Kier molecular flexibility index (Phi) is 31.2. The number of nitrogens with one attached hydrogen (secondary N) is 6. The van der Waals surface area contributed by atoms with E-state index in [1.807, 2.05) is 63.2 Å². The van der Waals surface area contributed by atoms with Gasteiger partial charge in [-0.15, -0.1) is 0 Å². The van der Waals surface area contributed by atoms with Crippen LogP contribution in [0.25, 0.3) is 0 Å². The van der Waals surface area contributed by atoms with Gasteiger partial charge in [0.1, 0.15) is 34.5 Å². The molecular weight excluding hydrogens is 1740 g/mol. The number of rotatable bonds is 23. The monoisotopic (exact) mass is 1820 g/mol. The van der Waals surface area contributed by atoms with Crippen LogP contribution in [0.3, 0.4) is 0 Å².